The molecule has 0 unspecified atom stereocenters. The molecule has 1 aliphatic carbocycles. The first-order valence-corrected chi connectivity index (χ1v) is 10.3. The van der Waals surface area contributed by atoms with Crippen LogP contribution in [0.15, 0.2) is 85.1 Å². The molecule has 0 aliphatic heterocycles. The van der Waals surface area contributed by atoms with Crippen molar-refractivity contribution >= 4 is 11.6 Å². The lowest BCUT2D eigenvalue weighted by Gasteiger charge is -2.27. The molecule has 0 radical (unpaired) electrons. The van der Waals surface area contributed by atoms with Crippen LogP contribution in [0.2, 0.25) is 0 Å². The third-order valence-corrected chi connectivity index (χ3v) is 5.69. The number of nitrogens with zero attached hydrogens (tertiary/aromatic N) is 2. The maximum absolute atomic E-state index is 9.07. The number of hydrogen-bond donors (Lipinski definition) is 2. The van der Waals surface area contributed by atoms with E-state index in [1.54, 1.807) is 0 Å². The Hall–Kier alpha value is -3.50. The lowest BCUT2D eigenvalue weighted by molar-refractivity contribution is 0.299. The molecule has 4 nitrogen and oxygen atoms in total. The van der Waals surface area contributed by atoms with Crippen LogP contribution in [0, 0.1) is 0 Å². The summed E-state index contributed by atoms with van der Waals surface area (Å²) < 4.78 is 0. The maximum atomic E-state index is 9.07. The van der Waals surface area contributed by atoms with Crippen LogP contribution in [0.4, 0.5) is 11.6 Å². The molecule has 30 heavy (non-hydrogen) atoms. The highest BCUT2D eigenvalue weighted by Crippen LogP contribution is 2.41. The highest BCUT2D eigenvalue weighted by atomic mass is 16.2. The lowest BCUT2D eigenvalue weighted by Crippen LogP contribution is -2.14. The van der Waals surface area contributed by atoms with Gasteiger partial charge in [0.15, 0.2) is 0 Å². The van der Waals surface area contributed by atoms with Crippen LogP contribution in [-0.4, -0.2) is 21.7 Å². The molecular formula is C26H23N3O. The number of anilines is 2. The molecule has 0 spiro atoms. The second kappa shape index (κ2) is 8.09. The van der Waals surface area contributed by atoms with Gasteiger partial charge in [-0.15, -0.1) is 0 Å². The Morgan fingerprint density at radius 3 is 2.47 bits per heavy atom. The number of aliphatic hydroxyl groups excluding tert-OH is 1. The van der Waals surface area contributed by atoms with Gasteiger partial charge >= 0.3 is 0 Å². The average Bonchev–Trinajstić information content (AvgIpc) is 2.81. The molecule has 0 amide bonds. The minimum Gasteiger partial charge on any atom is -0.396 e. The zero-order chi connectivity index (χ0) is 20.3. The van der Waals surface area contributed by atoms with E-state index < -0.39 is 0 Å². The SMILES string of the molecule is OCCc1ccc(Nc2ncc3c(n2)-c2ccccc2[C@H](c2ccccc2)C3)cc1. The van der Waals surface area contributed by atoms with Crippen molar-refractivity contribution < 1.29 is 5.11 Å². The van der Waals surface area contributed by atoms with Gasteiger partial charge in [-0.2, -0.15) is 0 Å². The van der Waals surface area contributed by atoms with Gasteiger partial charge in [0.05, 0.1) is 5.69 Å². The Balaban J connectivity index is 1.48. The Bertz CT molecular complexity index is 1160. The van der Waals surface area contributed by atoms with Crippen LogP contribution in [0.1, 0.15) is 28.2 Å². The van der Waals surface area contributed by atoms with Crippen molar-refractivity contribution in [3.8, 4) is 11.3 Å². The second-order valence-corrected chi connectivity index (χ2v) is 7.62. The Morgan fingerprint density at radius 1 is 0.900 bits per heavy atom. The molecule has 4 aromatic rings. The molecule has 1 aliphatic rings. The van der Waals surface area contributed by atoms with Gasteiger partial charge in [-0.1, -0.05) is 66.7 Å². The van der Waals surface area contributed by atoms with Gasteiger partial charge in [-0.25, -0.2) is 9.97 Å². The van der Waals surface area contributed by atoms with E-state index in [1.165, 1.54) is 22.3 Å². The molecule has 1 aromatic heterocycles. The summed E-state index contributed by atoms with van der Waals surface area (Å²) in [6, 6.07) is 27.2. The highest BCUT2D eigenvalue weighted by molar-refractivity contribution is 5.73. The molecule has 0 bridgehead atoms. The van der Waals surface area contributed by atoms with Gasteiger partial charge in [0.2, 0.25) is 5.95 Å². The smallest absolute Gasteiger partial charge is 0.227 e. The summed E-state index contributed by atoms with van der Waals surface area (Å²) in [4.78, 5) is 9.46. The van der Waals surface area contributed by atoms with E-state index in [0.29, 0.717) is 18.3 Å². The van der Waals surface area contributed by atoms with Crippen LogP contribution >= 0.6 is 0 Å². The van der Waals surface area contributed by atoms with Crippen molar-refractivity contribution in [2.75, 3.05) is 11.9 Å². The first kappa shape index (κ1) is 18.5. The molecule has 0 fully saturated rings. The van der Waals surface area contributed by atoms with Gasteiger partial charge in [0.1, 0.15) is 0 Å². The first-order chi connectivity index (χ1) is 14.8. The summed E-state index contributed by atoms with van der Waals surface area (Å²) in [5.74, 6) is 0.910. The summed E-state index contributed by atoms with van der Waals surface area (Å²) >= 11 is 0. The van der Waals surface area contributed by atoms with Crippen LogP contribution in [-0.2, 0) is 12.8 Å². The molecule has 3 aromatic carbocycles. The van der Waals surface area contributed by atoms with E-state index in [-0.39, 0.29) is 6.61 Å². The molecule has 0 saturated heterocycles. The van der Waals surface area contributed by atoms with Gasteiger partial charge < -0.3 is 10.4 Å². The Morgan fingerprint density at radius 2 is 1.67 bits per heavy atom. The predicted molar refractivity (Wildman–Crippen MR) is 120 cm³/mol. The average molecular weight is 393 g/mol. The summed E-state index contributed by atoms with van der Waals surface area (Å²) in [5, 5.41) is 12.4. The fourth-order valence-electron chi connectivity index (χ4n) is 4.19. The molecule has 1 atom stereocenters. The van der Waals surface area contributed by atoms with Crippen LogP contribution in [0.5, 0.6) is 0 Å². The summed E-state index contributed by atoms with van der Waals surface area (Å²) in [7, 11) is 0. The quantitative estimate of drug-likeness (QED) is 0.495. The normalized spacial score (nSPS) is 14.6. The number of benzene rings is 3. The second-order valence-electron chi connectivity index (χ2n) is 7.62. The fourth-order valence-corrected chi connectivity index (χ4v) is 4.19. The third-order valence-electron chi connectivity index (χ3n) is 5.69. The highest BCUT2D eigenvalue weighted by Gasteiger charge is 2.27. The summed E-state index contributed by atoms with van der Waals surface area (Å²) in [6.45, 7) is 0.157. The standard InChI is InChI=1S/C26H23N3O/c30-15-14-18-10-12-21(13-11-18)28-26-27-17-20-16-24(19-6-2-1-3-7-19)22-8-4-5-9-23(22)25(20)29-26/h1-13,17,24,30H,14-16H2,(H,27,28,29)/t24-/m0/s1. The van der Waals surface area contributed by atoms with Gasteiger partial charge in [0, 0.05) is 30.0 Å². The monoisotopic (exact) mass is 393 g/mol. The Labute approximate surface area is 176 Å². The topological polar surface area (TPSA) is 58.0 Å². The third kappa shape index (κ3) is 3.58. The van der Waals surface area contributed by atoms with E-state index in [1.807, 2.05) is 30.5 Å². The van der Waals surface area contributed by atoms with E-state index in [4.69, 9.17) is 10.1 Å². The number of aromatic nitrogens is 2. The first-order valence-electron chi connectivity index (χ1n) is 10.3. The molecule has 2 N–H and O–H groups in total. The molecular weight excluding hydrogens is 370 g/mol. The van der Waals surface area contributed by atoms with Crippen LogP contribution in [0.25, 0.3) is 11.3 Å². The number of nitrogens with one attached hydrogen (secondary N) is 1. The number of fused-ring (bicyclic) bond motifs is 3. The van der Waals surface area contributed by atoms with E-state index in [2.05, 4.69) is 64.9 Å². The van der Waals surface area contributed by atoms with Crippen molar-refractivity contribution in [3.05, 3.63) is 107 Å². The number of hydrogen-bond acceptors (Lipinski definition) is 4. The summed E-state index contributed by atoms with van der Waals surface area (Å²) in [6.07, 6.45) is 3.51. The van der Waals surface area contributed by atoms with Crippen molar-refractivity contribution in [1.29, 1.82) is 0 Å². The van der Waals surface area contributed by atoms with Crippen molar-refractivity contribution in [1.82, 2.24) is 9.97 Å². The molecule has 148 valence electrons. The Kier molecular flexibility index (Phi) is 4.99. The number of aliphatic hydroxyl groups is 1. The molecule has 4 heteroatoms. The van der Waals surface area contributed by atoms with Crippen molar-refractivity contribution in [2.24, 2.45) is 0 Å². The molecule has 0 saturated carbocycles. The zero-order valence-electron chi connectivity index (χ0n) is 16.6. The van der Waals surface area contributed by atoms with Gasteiger partial charge in [-0.3, -0.25) is 0 Å². The van der Waals surface area contributed by atoms with Crippen LogP contribution < -0.4 is 5.32 Å². The minimum atomic E-state index is 0.157. The fraction of sp³-hybridized carbons (Fsp3) is 0.154. The lowest BCUT2D eigenvalue weighted by atomic mass is 9.78. The molecule has 1 heterocycles. The van der Waals surface area contributed by atoms with E-state index in [0.717, 1.165) is 23.4 Å². The molecule has 5 rings (SSSR count). The summed E-state index contributed by atoms with van der Waals surface area (Å²) in [5.41, 5.74) is 8.03. The zero-order valence-corrected chi connectivity index (χ0v) is 16.6. The maximum Gasteiger partial charge on any atom is 0.227 e. The van der Waals surface area contributed by atoms with Gasteiger partial charge in [-0.05, 0) is 47.2 Å². The van der Waals surface area contributed by atoms with E-state index >= 15 is 0 Å². The minimum absolute atomic E-state index is 0.157. The van der Waals surface area contributed by atoms with Crippen molar-refractivity contribution in [3.63, 3.8) is 0 Å². The van der Waals surface area contributed by atoms with Crippen molar-refractivity contribution in [2.45, 2.75) is 18.8 Å². The van der Waals surface area contributed by atoms with Crippen LogP contribution in [0.3, 0.4) is 0 Å². The van der Waals surface area contributed by atoms with Gasteiger partial charge in [0.25, 0.3) is 0 Å². The predicted octanol–water partition coefficient (Wildman–Crippen LogP) is 5.11. The van der Waals surface area contributed by atoms with E-state index in [9.17, 15) is 0 Å². The largest absolute Gasteiger partial charge is 0.396 e. The number of rotatable bonds is 5.